The van der Waals surface area contributed by atoms with Crippen LogP contribution in [0, 0.1) is 5.41 Å². The van der Waals surface area contributed by atoms with Crippen molar-refractivity contribution < 1.29 is 14.7 Å². The quantitative estimate of drug-likeness (QED) is 0.795. The Morgan fingerprint density at radius 1 is 1.10 bits per heavy atom. The summed E-state index contributed by atoms with van der Waals surface area (Å²) in [7, 11) is 3.49. The zero-order valence-electron chi connectivity index (χ0n) is 17.8. The lowest BCUT2D eigenvalue weighted by Gasteiger charge is -2.47. The first-order valence-corrected chi connectivity index (χ1v) is 10.6. The predicted octanol–water partition coefficient (Wildman–Crippen LogP) is 3.57. The number of fused-ring (bicyclic) bond motifs is 3. The Bertz CT molecular complexity index is 1020. The molecule has 0 amide bonds. The zero-order valence-corrected chi connectivity index (χ0v) is 17.8. The molecule has 0 saturated heterocycles. The summed E-state index contributed by atoms with van der Waals surface area (Å²) >= 11 is 0. The lowest BCUT2D eigenvalue weighted by molar-refractivity contribution is -0.235. The Hall–Kier alpha value is -2.57. The molecule has 1 saturated carbocycles. The zero-order chi connectivity index (χ0) is 21.1. The van der Waals surface area contributed by atoms with Crippen LogP contribution >= 0.6 is 0 Å². The molecule has 2 spiro atoms. The minimum atomic E-state index is -0.841. The largest absolute Gasteiger partial charge is 0.497 e. The number of rotatable bonds is 2. The molecule has 158 valence electrons. The number of aliphatic imine (C=N–C) groups is 1. The Morgan fingerprint density at radius 3 is 2.50 bits per heavy atom. The van der Waals surface area contributed by atoms with E-state index >= 15 is 0 Å². The van der Waals surface area contributed by atoms with Crippen molar-refractivity contribution in [3.05, 3.63) is 53.6 Å². The summed E-state index contributed by atoms with van der Waals surface area (Å²) in [5, 5.41) is 12.2. The van der Waals surface area contributed by atoms with E-state index in [2.05, 4.69) is 24.3 Å². The fourth-order valence-electron chi connectivity index (χ4n) is 5.40. The van der Waals surface area contributed by atoms with Gasteiger partial charge in [-0.1, -0.05) is 24.3 Å². The van der Waals surface area contributed by atoms with E-state index in [4.69, 9.17) is 20.3 Å². The number of nitrogens with two attached hydrogens (primary N) is 1. The minimum absolute atomic E-state index is 0.208. The Balaban J connectivity index is 1.63. The van der Waals surface area contributed by atoms with Crippen molar-refractivity contribution in [1.29, 1.82) is 0 Å². The van der Waals surface area contributed by atoms with Crippen LogP contribution in [0.2, 0.25) is 0 Å². The summed E-state index contributed by atoms with van der Waals surface area (Å²) in [4.78, 5) is 11.4. The van der Waals surface area contributed by atoms with Crippen LogP contribution in [-0.4, -0.2) is 35.9 Å². The maximum atomic E-state index is 10.6. The average molecular weight is 408 g/mol. The highest BCUT2D eigenvalue weighted by Gasteiger charge is 2.64. The highest BCUT2D eigenvalue weighted by molar-refractivity contribution is 5.79. The molecule has 0 radical (unpaired) electrons. The predicted molar refractivity (Wildman–Crippen MR) is 116 cm³/mol. The molecule has 1 heterocycles. The number of ether oxygens (including phenoxy) is 1. The fraction of sp³-hybridized carbons (Fsp3) is 0.458. The van der Waals surface area contributed by atoms with Gasteiger partial charge < -0.3 is 15.6 Å². The molecular weight excluding hydrogens is 378 g/mol. The fourth-order valence-corrected chi connectivity index (χ4v) is 5.40. The van der Waals surface area contributed by atoms with Crippen LogP contribution in [0.5, 0.6) is 5.75 Å². The number of benzene rings is 2. The number of aliphatic hydroxyl groups is 1. The second kappa shape index (κ2) is 6.46. The van der Waals surface area contributed by atoms with Gasteiger partial charge in [0.2, 0.25) is 11.7 Å². The Kier molecular flexibility index (Phi) is 4.18. The van der Waals surface area contributed by atoms with Crippen LogP contribution in [0.1, 0.15) is 43.7 Å². The number of hydrogen-bond acceptors (Lipinski definition) is 6. The standard InChI is InChI=1S/C24H29N3O3/c1-22(28)9-11-23(12-10-22)15-18-8-7-17(16-5-4-6-19(13-16)29-3)14-20(18)24(23)26-21(25)27(2)30-24/h4-8,13-14,28H,9-12,15H2,1-3H3,(H2,25,26)/t22-,23-,24?. The van der Waals surface area contributed by atoms with Gasteiger partial charge in [0.1, 0.15) is 5.75 Å². The number of methoxy groups -OCH3 is 1. The number of hydroxylamine groups is 2. The second-order valence-corrected chi connectivity index (χ2v) is 9.26. The molecule has 1 fully saturated rings. The summed E-state index contributed by atoms with van der Waals surface area (Å²) in [6.07, 6.45) is 4.02. The molecule has 1 unspecified atom stereocenters. The highest BCUT2D eigenvalue weighted by atomic mass is 16.7. The highest BCUT2D eigenvalue weighted by Crippen LogP contribution is 2.62. The lowest BCUT2D eigenvalue weighted by Crippen LogP contribution is -2.48. The van der Waals surface area contributed by atoms with Crippen molar-refractivity contribution >= 4 is 5.96 Å². The summed E-state index contributed by atoms with van der Waals surface area (Å²) < 4.78 is 5.41. The van der Waals surface area contributed by atoms with Gasteiger partial charge in [0.05, 0.1) is 12.7 Å². The van der Waals surface area contributed by atoms with E-state index in [0.717, 1.165) is 54.5 Å². The molecule has 30 heavy (non-hydrogen) atoms. The van der Waals surface area contributed by atoms with E-state index in [1.54, 1.807) is 12.2 Å². The molecule has 2 aromatic rings. The molecule has 6 nitrogen and oxygen atoms in total. The topological polar surface area (TPSA) is 80.3 Å². The molecule has 1 atom stereocenters. The molecular formula is C24H29N3O3. The van der Waals surface area contributed by atoms with Gasteiger partial charge in [-0.05, 0) is 73.9 Å². The molecule has 6 heteroatoms. The molecule has 0 bridgehead atoms. The summed E-state index contributed by atoms with van der Waals surface area (Å²) in [6.45, 7) is 1.93. The van der Waals surface area contributed by atoms with Gasteiger partial charge in [0.25, 0.3) is 0 Å². The summed E-state index contributed by atoms with van der Waals surface area (Å²) in [6, 6.07) is 14.6. The third-order valence-electron chi connectivity index (χ3n) is 7.27. The van der Waals surface area contributed by atoms with E-state index in [9.17, 15) is 5.11 Å². The van der Waals surface area contributed by atoms with Gasteiger partial charge in [-0.2, -0.15) is 0 Å². The summed E-state index contributed by atoms with van der Waals surface area (Å²) in [5.74, 6) is 1.22. The first kappa shape index (κ1) is 19.4. The van der Waals surface area contributed by atoms with Crippen molar-refractivity contribution in [2.45, 2.75) is 50.4 Å². The van der Waals surface area contributed by atoms with Crippen LogP contribution in [0.25, 0.3) is 11.1 Å². The second-order valence-electron chi connectivity index (χ2n) is 9.26. The van der Waals surface area contributed by atoms with Crippen LogP contribution in [-0.2, 0) is 17.0 Å². The van der Waals surface area contributed by atoms with Crippen molar-refractivity contribution in [3.63, 3.8) is 0 Å². The molecule has 3 aliphatic rings. The van der Waals surface area contributed by atoms with E-state index in [-0.39, 0.29) is 5.41 Å². The minimum Gasteiger partial charge on any atom is -0.497 e. The normalized spacial score (nSPS) is 32.5. The van der Waals surface area contributed by atoms with Crippen LogP contribution < -0.4 is 10.5 Å². The third-order valence-corrected chi connectivity index (χ3v) is 7.27. The molecule has 2 aromatic carbocycles. The van der Waals surface area contributed by atoms with Gasteiger partial charge in [-0.15, -0.1) is 0 Å². The van der Waals surface area contributed by atoms with E-state index in [1.165, 1.54) is 5.56 Å². The van der Waals surface area contributed by atoms with Crippen LogP contribution in [0.15, 0.2) is 47.5 Å². The molecule has 5 rings (SSSR count). The van der Waals surface area contributed by atoms with Crippen molar-refractivity contribution in [2.24, 2.45) is 16.1 Å². The van der Waals surface area contributed by atoms with Crippen molar-refractivity contribution in [3.8, 4) is 16.9 Å². The smallest absolute Gasteiger partial charge is 0.220 e. The van der Waals surface area contributed by atoms with E-state index in [0.29, 0.717) is 5.96 Å². The van der Waals surface area contributed by atoms with Crippen LogP contribution in [0.4, 0.5) is 0 Å². The molecule has 0 aromatic heterocycles. The SMILES string of the molecule is COc1cccc(-c2ccc3c(c2)C2(N=C(N)N(C)O2)[C@]2(CC[C@](C)(O)CC2)C3)c1. The van der Waals surface area contributed by atoms with E-state index in [1.807, 2.05) is 32.2 Å². The average Bonchev–Trinajstić information content (AvgIpc) is 3.18. The monoisotopic (exact) mass is 407 g/mol. The molecule has 2 aliphatic carbocycles. The van der Waals surface area contributed by atoms with Crippen molar-refractivity contribution in [2.75, 3.05) is 14.2 Å². The third kappa shape index (κ3) is 2.74. The maximum absolute atomic E-state index is 10.6. The number of nitrogens with zero attached hydrogens (tertiary/aromatic N) is 2. The van der Waals surface area contributed by atoms with Crippen molar-refractivity contribution in [1.82, 2.24) is 5.06 Å². The first-order valence-electron chi connectivity index (χ1n) is 10.6. The first-order chi connectivity index (χ1) is 14.3. The van der Waals surface area contributed by atoms with Crippen LogP contribution in [0.3, 0.4) is 0 Å². The Labute approximate surface area is 177 Å². The molecule has 3 N–H and O–H groups in total. The summed E-state index contributed by atoms with van der Waals surface area (Å²) in [5.41, 5.74) is 9.03. The van der Waals surface area contributed by atoms with Gasteiger partial charge in [0, 0.05) is 18.0 Å². The Morgan fingerprint density at radius 2 is 1.83 bits per heavy atom. The van der Waals surface area contributed by atoms with Gasteiger partial charge in [-0.3, -0.25) is 0 Å². The van der Waals surface area contributed by atoms with Gasteiger partial charge in [-0.25, -0.2) is 14.9 Å². The molecule has 1 aliphatic heterocycles. The van der Waals surface area contributed by atoms with Gasteiger partial charge in [0.15, 0.2) is 0 Å². The van der Waals surface area contributed by atoms with E-state index < -0.39 is 11.3 Å². The lowest BCUT2D eigenvalue weighted by atomic mass is 9.64. The van der Waals surface area contributed by atoms with Gasteiger partial charge >= 0.3 is 0 Å². The number of hydrogen-bond donors (Lipinski definition) is 2. The maximum Gasteiger partial charge on any atom is 0.220 e. The number of guanidine groups is 1.